The molecule has 2 aromatic heterocycles. The Hall–Kier alpha value is -3.38. The number of hydrogen-bond donors (Lipinski definition) is 0. The van der Waals surface area contributed by atoms with Crippen molar-refractivity contribution < 1.29 is 13.9 Å². The van der Waals surface area contributed by atoms with Gasteiger partial charge in [-0.25, -0.2) is 4.98 Å². The minimum absolute atomic E-state index is 0.0793. The van der Waals surface area contributed by atoms with Gasteiger partial charge in [-0.05, 0) is 35.9 Å². The van der Waals surface area contributed by atoms with Crippen LogP contribution in [0.4, 0.5) is 0 Å². The van der Waals surface area contributed by atoms with Gasteiger partial charge >= 0.3 is 0 Å². The van der Waals surface area contributed by atoms with Crippen LogP contribution >= 0.6 is 11.3 Å². The van der Waals surface area contributed by atoms with Gasteiger partial charge in [0.2, 0.25) is 0 Å². The molecule has 146 valence electrons. The van der Waals surface area contributed by atoms with Crippen molar-refractivity contribution in [3.05, 3.63) is 106 Å². The van der Waals surface area contributed by atoms with Gasteiger partial charge in [0.1, 0.15) is 18.1 Å². The molecule has 29 heavy (non-hydrogen) atoms. The topological polar surface area (TPSA) is 55.6 Å². The molecular formula is C23H20N2O3S. The van der Waals surface area contributed by atoms with Crippen molar-refractivity contribution in [2.45, 2.75) is 19.7 Å². The Morgan fingerprint density at radius 3 is 2.69 bits per heavy atom. The van der Waals surface area contributed by atoms with E-state index in [1.165, 1.54) is 11.3 Å². The predicted molar refractivity (Wildman–Crippen MR) is 112 cm³/mol. The third-order valence-electron chi connectivity index (χ3n) is 4.38. The number of furan rings is 1. The summed E-state index contributed by atoms with van der Waals surface area (Å²) in [5, 5.41) is 1.94. The zero-order valence-electron chi connectivity index (χ0n) is 15.7. The van der Waals surface area contributed by atoms with Crippen molar-refractivity contribution in [3.63, 3.8) is 0 Å². The molecule has 6 heteroatoms. The van der Waals surface area contributed by atoms with E-state index in [4.69, 9.17) is 9.15 Å². The summed E-state index contributed by atoms with van der Waals surface area (Å²) >= 11 is 1.53. The monoisotopic (exact) mass is 404 g/mol. The van der Waals surface area contributed by atoms with E-state index < -0.39 is 0 Å². The summed E-state index contributed by atoms with van der Waals surface area (Å²) in [5.41, 5.74) is 4.27. The van der Waals surface area contributed by atoms with Crippen molar-refractivity contribution in [1.29, 1.82) is 0 Å². The van der Waals surface area contributed by atoms with E-state index in [1.54, 1.807) is 28.8 Å². The van der Waals surface area contributed by atoms with Gasteiger partial charge in [-0.1, -0.05) is 36.4 Å². The maximum Gasteiger partial charge on any atom is 0.254 e. The fraction of sp³-hybridized carbons (Fsp3) is 0.130. The Labute approximate surface area is 173 Å². The average Bonchev–Trinajstić information content (AvgIpc) is 3.46. The van der Waals surface area contributed by atoms with Crippen LogP contribution in [0.3, 0.4) is 0 Å². The van der Waals surface area contributed by atoms with Crippen molar-refractivity contribution in [3.8, 4) is 5.75 Å². The number of aromatic nitrogens is 1. The second kappa shape index (κ2) is 9.21. The lowest BCUT2D eigenvalue weighted by Gasteiger charge is -2.22. The quantitative estimate of drug-likeness (QED) is 0.407. The molecule has 0 radical (unpaired) electrons. The highest BCUT2D eigenvalue weighted by Gasteiger charge is 2.18. The maximum atomic E-state index is 13.3. The maximum absolute atomic E-state index is 13.3. The van der Waals surface area contributed by atoms with Crippen LogP contribution in [-0.4, -0.2) is 15.8 Å². The highest BCUT2D eigenvalue weighted by molar-refractivity contribution is 7.07. The van der Waals surface area contributed by atoms with Crippen molar-refractivity contribution in [2.75, 3.05) is 0 Å². The number of carbonyl (C=O) groups is 1. The number of thiazole rings is 1. The van der Waals surface area contributed by atoms with E-state index >= 15 is 0 Å². The van der Waals surface area contributed by atoms with Gasteiger partial charge in [0, 0.05) is 17.5 Å². The molecule has 0 bridgehead atoms. The Bertz CT molecular complexity index is 1030. The Morgan fingerprint density at radius 2 is 1.93 bits per heavy atom. The summed E-state index contributed by atoms with van der Waals surface area (Å²) in [5.74, 6) is 1.30. The van der Waals surface area contributed by atoms with E-state index in [0.29, 0.717) is 31.0 Å². The molecule has 4 rings (SSSR count). The molecule has 0 saturated heterocycles. The number of carbonyl (C=O) groups excluding carboxylic acids is 1. The molecule has 0 atom stereocenters. The smallest absolute Gasteiger partial charge is 0.254 e. The third-order valence-corrected chi connectivity index (χ3v) is 5.02. The molecule has 0 aliphatic rings. The molecule has 0 aliphatic heterocycles. The Kier molecular flexibility index (Phi) is 6.02. The van der Waals surface area contributed by atoms with E-state index in [0.717, 1.165) is 17.0 Å². The zero-order chi connectivity index (χ0) is 19.9. The van der Waals surface area contributed by atoms with Crippen LogP contribution in [0.15, 0.2) is 88.3 Å². The van der Waals surface area contributed by atoms with Gasteiger partial charge in [0.25, 0.3) is 5.91 Å². The van der Waals surface area contributed by atoms with Gasteiger partial charge in [-0.3, -0.25) is 4.79 Å². The minimum Gasteiger partial charge on any atom is -0.487 e. The lowest BCUT2D eigenvalue weighted by molar-refractivity contribution is 0.0717. The molecule has 2 heterocycles. The van der Waals surface area contributed by atoms with Crippen molar-refractivity contribution in [1.82, 2.24) is 9.88 Å². The summed E-state index contributed by atoms with van der Waals surface area (Å²) in [6.07, 6.45) is 1.62. The first-order valence-corrected chi connectivity index (χ1v) is 10.2. The molecule has 4 aromatic rings. The van der Waals surface area contributed by atoms with Gasteiger partial charge in [-0.2, -0.15) is 0 Å². The lowest BCUT2D eigenvalue weighted by atomic mass is 10.1. The van der Waals surface area contributed by atoms with Gasteiger partial charge in [-0.15, -0.1) is 11.3 Å². The molecule has 5 nitrogen and oxygen atoms in total. The summed E-state index contributed by atoms with van der Waals surface area (Å²) in [6, 6.07) is 20.9. The first-order chi connectivity index (χ1) is 14.3. The fourth-order valence-electron chi connectivity index (χ4n) is 2.96. The average molecular weight is 404 g/mol. The van der Waals surface area contributed by atoms with Crippen LogP contribution in [0.25, 0.3) is 0 Å². The Morgan fingerprint density at radius 1 is 1.03 bits per heavy atom. The molecule has 0 aliphatic carbocycles. The minimum atomic E-state index is -0.0793. The second-order valence-electron chi connectivity index (χ2n) is 6.52. The van der Waals surface area contributed by atoms with Crippen LogP contribution in [0.5, 0.6) is 5.75 Å². The Balaban J connectivity index is 1.52. The number of nitrogens with zero attached hydrogens (tertiary/aromatic N) is 2. The standard InChI is InChI=1S/C23H20N2O3S/c26-23(19-8-4-9-21(12-19)28-15-20-16-29-17-24-20)25(14-22-10-5-11-27-22)13-18-6-2-1-3-7-18/h1-12,16-17H,13-15H2. The van der Waals surface area contributed by atoms with E-state index in [-0.39, 0.29) is 5.91 Å². The summed E-state index contributed by atoms with van der Waals surface area (Å²) in [6.45, 7) is 1.26. The highest BCUT2D eigenvalue weighted by Crippen LogP contribution is 2.19. The van der Waals surface area contributed by atoms with Crippen molar-refractivity contribution >= 4 is 17.2 Å². The molecule has 0 saturated carbocycles. The van der Waals surface area contributed by atoms with E-state index in [1.807, 2.05) is 60.0 Å². The predicted octanol–water partition coefficient (Wildman–Crippen LogP) is 5.16. The molecule has 1 amide bonds. The summed E-state index contributed by atoms with van der Waals surface area (Å²) in [7, 11) is 0. The number of hydrogen-bond acceptors (Lipinski definition) is 5. The largest absolute Gasteiger partial charge is 0.487 e. The first kappa shape index (κ1) is 19.0. The van der Waals surface area contributed by atoms with Crippen LogP contribution < -0.4 is 4.74 Å². The number of amides is 1. The first-order valence-electron chi connectivity index (χ1n) is 9.23. The number of rotatable bonds is 8. The molecule has 0 unspecified atom stereocenters. The number of benzene rings is 2. The highest BCUT2D eigenvalue weighted by atomic mass is 32.1. The molecule has 0 fully saturated rings. The summed E-state index contributed by atoms with van der Waals surface area (Å²) in [4.78, 5) is 19.3. The van der Waals surface area contributed by atoms with Gasteiger partial charge in [0.05, 0.1) is 24.0 Å². The number of ether oxygens (including phenoxy) is 1. The fourth-order valence-corrected chi connectivity index (χ4v) is 3.50. The zero-order valence-corrected chi connectivity index (χ0v) is 16.5. The van der Waals surface area contributed by atoms with Crippen LogP contribution in [0.2, 0.25) is 0 Å². The van der Waals surface area contributed by atoms with Crippen molar-refractivity contribution in [2.24, 2.45) is 0 Å². The normalized spacial score (nSPS) is 10.6. The van der Waals surface area contributed by atoms with Crippen LogP contribution in [-0.2, 0) is 19.7 Å². The molecule has 2 aromatic carbocycles. The summed E-state index contributed by atoms with van der Waals surface area (Å²) < 4.78 is 11.3. The van der Waals surface area contributed by atoms with Gasteiger partial charge in [0.15, 0.2) is 0 Å². The van der Waals surface area contributed by atoms with E-state index in [9.17, 15) is 4.79 Å². The second-order valence-corrected chi connectivity index (χ2v) is 7.24. The van der Waals surface area contributed by atoms with Gasteiger partial charge < -0.3 is 14.1 Å². The SMILES string of the molecule is O=C(c1cccc(OCc2cscn2)c1)N(Cc1ccccc1)Cc1ccco1. The van der Waals surface area contributed by atoms with Crippen LogP contribution in [0.1, 0.15) is 27.4 Å². The molecular weight excluding hydrogens is 384 g/mol. The molecule has 0 N–H and O–H groups in total. The third kappa shape index (κ3) is 5.12. The van der Waals surface area contributed by atoms with E-state index in [2.05, 4.69) is 4.98 Å². The molecule has 0 spiro atoms. The van der Waals surface area contributed by atoms with Crippen LogP contribution in [0, 0.1) is 0 Å². The lowest BCUT2D eigenvalue weighted by Crippen LogP contribution is -2.30.